The maximum Gasteiger partial charge on any atom is 0.146 e. The van der Waals surface area contributed by atoms with Gasteiger partial charge in [0, 0.05) is 19.9 Å². The number of hydrogen-bond acceptors (Lipinski definition) is 5. The number of pyridine rings is 1. The number of anilines is 2. The summed E-state index contributed by atoms with van der Waals surface area (Å²) in [4.78, 5) is 3.91. The molecule has 0 spiro atoms. The van der Waals surface area contributed by atoms with E-state index in [2.05, 4.69) is 10.3 Å². The van der Waals surface area contributed by atoms with E-state index in [1.54, 1.807) is 19.4 Å². The fraction of sp³-hybridized carbons (Fsp3) is 0.444. The number of aliphatic hydroxyl groups excluding tert-OH is 1. The largest absolute Gasteiger partial charge is 0.389 e. The Morgan fingerprint density at radius 3 is 3.14 bits per heavy atom. The van der Waals surface area contributed by atoms with Gasteiger partial charge in [0.25, 0.3) is 0 Å². The Labute approximate surface area is 82.9 Å². The first-order chi connectivity index (χ1) is 6.74. The number of nitrogens with two attached hydrogens (primary N) is 1. The van der Waals surface area contributed by atoms with Crippen molar-refractivity contribution in [1.29, 1.82) is 0 Å². The second-order valence-electron chi connectivity index (χ2n) is 2.93. The Morgan fingerprint density at radius 1 is 1.71 bits per heavy atom. The average Bonchev–Trinajstić information content (AvgIpc) is 2.17. The summed E-state index contributed by atoms with van der Waals surface area (Å²) in [6, 6.07) is 3.59. The zero-order valence-corrected chi connectivity index (χ0v) is 8.10. The molecule has 0 saturated carbocycles. The lowest BCUT2D eigenvalue weighted by molar-refractivity contribution is 0.0727. The van der Waals surface area contributed by atoms with E-state index in [1.807, 2.05) is 6.07 Å². The lowest BCUT2D eigenvalue weighted by Crippen LogP contribution is -2.24. The summed E-state index contributed by atoms with van der Waals surface area (Å²) >= 11 is 0. The number of rotatable bonds is 5. The number of nitrogen functional groups attached to an aromatic ring is 1. The molecule has 5 heteroatoms. The van der Waals surface area contributed by atoms with Gasteiger partial charge in [0.15, 0.2) is 0 Å². The van der Waals surface area contributed by atoms with Crippen LogP contribution in [-0.2, 0) is 4.74 Å². The topological polar surface area (TPSA) is 80.4 Å². The van der Waals surface area contributed by atoms with Crippen LogP contribution in [-0.4, -0.2) is 36.5 Å². The Bertz CT molecular complexity index is 281. The van der Waals surface area contributed by atoms with E-state index < -0.39 is 6.10 Å². The molecular formula is C9H15N3O2. The summed E-state index contributed by atoms with van der Waals surface area (Å²) in [6.07, 6.45) is 1.08. The van der Waals surface area contributed by atoms with Gasteiger partial charge in [-0.3, -0.25) is 0 Å². The number of aliphatic hydroxyl groups is 1. The van der Waals surface area contributed by atoms with Gasteiger partial charge in [-0.05, 0) is 12.1 Å². The monoisotopic (exact) mass is 197 g/mol. The molecule has 14 heavy (non-hydrogen) atoms. The van der Waals surface area contributed by atoms with Crippen molar-refractivity contribution in [3.05, 3.63) is 18.3 Å². The van der Waals surface area contributed by atoms with Crippen molar-refractivity contribution < 1.29 is 9.84 Å². The molecule has 78 valence electrons. The molecule has 4 N–H and O–H groups in total. The van der Waals surface area contributed by atoms with Crippen LogP contribution >= 0.6 is 0 Å². The van der Waals surface area contributed by atoms with E-state index in [0.717, 1.165) is 5.69 Å². The highest BCUT2D eigenvalue weighted by Crippen LogP contribution is 2.12. The van der Waals surface area contributed by atoms with Crippen molar-refractivity contribution in [3.8, 4) is 0 Å². The van der Waals surface area contributed by atoms with Gasteiger partial charge < -0.3 is 20.9 Å². The molecule has 1 rings (SSSR count). The minimum Gasteiger partial charge on any atom is -0.389 e. The van der Waals surface area contributed by atoms with Crippen molar-refractivity contribution in [3.63, 3.8) is 0 Å². The van der Waals surface area contributed by atoms with Crippen LogP contribution in [0.5, 0.6) is 0 Å². The minimum atomic E-state index is -0.542. The number of methoxy groups -OCH3 is 1. The third-order valence-electron chi connectivity index (χ3n) is 1.73. The predicted molar refractivity (Wildman–Crippen MR) is 55.0 cm³/mol. The van der Waals surface area contributed by atoms with Crippen LogP contribution in [0.3, 0.4) is 0 Å². The van der Waals surface area contributed by atoms with Crippen LogP contribution in [0.1, 0.15) is 0 Å². The van der Waals surface area contributed by atoms with Crippen LogP contribution in [0.4, 0.5) is 11.5 Å². The van der Waals surface area contributed by atoms with Gasteiger partial charge in [-0.1, -0.05) is 0 Å². The van der Waals surface area contributed by atoms with Crippen LogP contribution < -0.4 is 11.1 Å². The van der Waals surface area contributed by atoms with Crippen molar-refractivity contribution in [2.75, 3.05) is 31.3 Å². The molecule has 0 fully saturated rings. The maximum absolute atomic E-state index is 9.35. The summed E-state index contributed by atoms with van der Waals surface area (Å²) in [5.41, 5.74) is 6.32. The lowest BCUT2D eigenvalue weighted by Gasteiger charge is -2.12. The highest BCUT2D eigenvalue weighted by atomic mass is 16.5. The molecule has 0 saturated heterocycles. The summed E-state index contributed by atoms with van der Waals surface area (Å²) in [5.74, 6) is 0.428. The van der Waals surface area contributed by atoms with Crippen LogP contribution in [0.25, 0.3) is 0 Å². The molecule has 1 aromatic heterocycles. The molecule has 0 aromatic carbocycles. The zero-order valence-electron chi connectivity index (χ0n) is 8.10. The molecule has 0 aliphatic heterocycles. The van der Waals surface area contributed by atoms with E-state index in [9.17, 15) is 5.11 Å². The quantitative estimate of drug-likeness (QED) is 0.623. The fourth-order valence-electron chi connectivity index (χ4n) is 1.05. The Morgan fingerprint density at radius 2 is 2.50 bits per heavy atom. The number of aromatic nitrogens is 1. The van der Waals surface area contributed by atoms with E-state index in [0.29, 0.717) is 19.0 Å². The molecule has 0 aliphatic carbocycles. The molecule has 1 atom stereocenters. The average molecular weight is 197 g/mol. The summed E-state index contributed by atoms with van der Waals surface area (Å²) in [5, 5.41) is 12.3. The van der Waals surface area contributed by atoms with E-state index in [4.69, 9.17) is 10.5 Å². The van der Waals surface area contributed by atoms with Crippen molar-refractivity contribution in [2.45, 2.75) is 6.10 Å². The Hall–Kier alpha value is -1.33. The zero-order chi connectivity index (χ0) is 10.4. The van der Waals surface area contributed by atoms with E-state index >= 15 is 0 Å². The predicted octanol–water partition coefficient (Wildman–Crippen LogP) is 0.0830. The molecule has 5 nitrogen and oxygen atoms in total. The number of ether oxygens (including phenoxy) is 1. The lowest BCUT2D eigenvalue weighted by atomic mass is 10.3. The fourth-order valence-corrected chi connectivity index (χ4v) is 1.05. The second-order valence-corrected chi connectivity index (χ2v) is 2.93. The van der Waals surface area contributed by atoms with Crippen molar-refractivity contribution in [1.82, 2.24) is 4.98 Å². The molecule has 0 bridgehead atoms. The first-order valence-corrected chi connectivity index (χ1v) is 4.35. The van der Waals surface area contributed by atoms with Crippen molar-refractivity contribution >= 4 is 11.5 Å². The number of hydrogen-bond donors (Lipinski definition) is 3. The van der Waals surface area contributed by atoms with Gasteiger partial charge in [-0.25, -0.2) is 4.98 Å². The highest BCUT2D eigenvalue weighted by Gasteiger charge is 2.04. The molecule has 0 amide bonds. The smallest absolute Gasteiger partial charge is 0.146 e. The van der Waals surface area contributed by atoms with E-state index in [1.165, 1.54) is 0 Å². The van der Waals surface area contributed by atoms with Gasteiger partial charge in [0.05, 0.1) is 18.4 Å². The maximum atomic E-state index is 9.35. The SMILES string of the molecule is COCC(O)CNc1cccnc1N. The summed E-state index contributed by atoms with van der Waals surface area (Å²) in [6.45, 7) is 0.691. The van der Waals surface area contributed by atoms with Gasteiger partial charge in [-0.15, -0.1) is 0 Å². The highest BCUT2D eigenvalue weighted by molar-refractivity contribution is 5.60. The van der Waals surface area contributed by atoms with Crippen LogP contribution in [0.2, 0.25) is 0 Å². The number of nitrogens with one attached hydrogen (secondary N) is 1. The third-order valence-corrected chi connectivity index (χ3v) is 1.73. The molecule has 0 aliphatic rings. The summed E-state index contributed by atoms with van der Waals surface area (Å²) < 4.78 is 4.79. The van der Waals surface area contributed by atoms with Gasteiger partial charge in [-0.2, -0.15) is 0 Å². The Balaban J connectivity index is 2.41. The third kappa shape index (κ3) is 3.20. The molecular weight excluding hydrogens is 182 g/mol. The van der Waals surface area contributed by atoms with Crippen molar-refractivity contribution in [2.24, 2.45) is 0 Å². The van der Waals surface area contributed by atoms with Crippen LogP contribution in [0.15, 0.2) is 18.3 Å². The van der Waals surface area contributed by atoms with Gasteiger partial charge >= 0.3 is 0 Å². The van der Waals surface area contributed by atoms with Crippen LogP contribution in [0, 0.1) is 0 Å². The number of nitrogens with zero attached hydrogens (tertiary/aromatic N) is 1. The standard InChI is InChI=1S/C9H15N3O2/c1-14-6-7(13)5-12-8-3-2-4-11-9(8)10/h2-4,7,12-13H,5-6H2,1H3,(H2,10,11). The minimum absolute atomic E-state index is 0.299. The second kappa shape index (κ2) is 5.41. The Kier molecular flexibility index (Phi) is 4.15. The molecule has 1 unspecified atom stereocenters. The molecule has 1 heterocycles. The first kappa shape index (κ1) is 10.7. The molecule has 0 radical (unpaired) electrons. The van der Waals surface area contributed by atoms with Gasteiger partial charge in [0.2, 0.25) is 0 Å². The first-order valence-electron chi connectivity index (χ1n) is 4.35. The van der Waals surface area contributed by atoms with E-state index in [-0.39, 0.29) is 0 Å². The van der Waals surface area contributed by atoms with Gasteiger partial charge in [0.1, 0.15) is 5.82 Å². The normalized spacial score (nSPS) is 12.4. The summed E-state index contributed by atoms with van der Waals surface area (Å²) in [7, 11) is 1.54. The molecule has 1 aromatic rings.